The number of hydrogen-bond acceptors (Lipinski definition) is 4. The highest BCUT2D eigenvalue weighted by molar-refractivity contribution is 6.00. The van der Waals surface area contributed by atoms with Crippen molar-refractivity contribution in [1.82, 2.24) is 9.78 Å². The lowest BCUT2D eigenvalue weighted by molar-refractivity contribution is -0.384. The molecule has 0 amide bonds. The van der Waals surface area contributed by atoms with Crippen molar-refractivity contribution in [2.45, 2.75) is 13.8 Å². The molecule has 0 fully saturated rings. The van der Waals surface area contributed by atoms with Crippen LogP contribution in [0.1, 0.15) is 18.2 Å². The van der Waals surface area contributed by atoms with Crippen LogP contribution in [0.25, 0.3) is 5.69 Å². The van der Waals surface area contributed by atoms with Crippen LogP contribution in [0.3, 0.4) is 0 Å². The topological polar surface area (TPSA) is 93.3 Å². The summed E-state index contributed by atoms with van der Waals surface area (Å²) in [6.07, 6.45) is 0. The number of nitrogens with zero attached hydrogens (tertiary/aromatic N) is 3. The van der Waals surface area contributed by atoms with Crippen molar-refractivity contribution >= 4 is 17.1 Å². The molecule has 0 aliphatic carbocycles. The lowest BCUT2D eigenvalue weighted by atomic mass is 10.1. The van der Waals surface area contributed by atoms with Crippen molar-refractivity contribution in [1.29, 1.82) is 0 Å². The van der Waals surface area contributed by atoms with Crippen LogP contribution in [0, 0.1) is 17.0 Å². The zero-order chi connectivity index (χ0) is 18.0. The van der Waals surface area contributed by atoms with Crippen molar-refractivity contribution in [3.8, 4) is 5.69 Å². The molecule has 7 heteroatoms. The van der Waals surface area contributed by atoms with Gasteiger partial charge in [0, 0.05) is 17.8 Å². The largest absolute Gasteiger partial charge is 0.295 e. The van der Waals surface area contributed by atoms with Gasteiger partial charge in [-0.05, 0) is 38.1 Å². The van der Waals surface area contributed by atoms with Crippen LogP contribution < -0.4 is 5.56 Å². The Morgan fingerprint density at radius 1 is 1.12 bits per heavy atom. The zero-order valence-corrected chi connectivity index (χ0v) is 13.8. The molecule has 1 heterocycles. The van der Waals surface area contributed by atoms with Crippen molar-refractivity contribution < 1.29 is 4.92 Å². The molecule has 3 aromatic rings. The molecule has 7 nitrogen and oxygen atoms in total. The SMILES string of the molecule is CC(=Nc1ccccc1)c1c(C)[nH]n(-c2ccc([N+](=O)[O-])cc2)c1=O. The molecule has 3 rings (SSSR count). The predicted molar refractivity (Wildman–Crippen MR) is 96.1 cm³/mol. The molecule has 1 aromatic heterocycles. The number of aromatic nitrogens is 2. The van der Waals surface area contributed by atoms with Gasteiger partial charge >= 0.3 is 0 Å². The Labute approximate surface area is 143 Å². The summed E-state index contributed by atoms with van der Waals surface area (Å²) in [5.74, 6) is 0. The van der Waals surface area contributed by atoms with E-state index in [0.29, 0.717) is 22.7 Å². The van der Waals surface area contributed by atoms with Crippen LogP contribution in [0.5, 0.6) is 0 Å². The Bertz CT molecular complexity index is 999. The van der Waals surface area contributed by atoms with E-state index in [0.717, 1.165) is 5.69 Å². The molecule has 1 N–H and O–H groups in total. The van der Waals surface area contributed by atoms with E-state index >= 15 is 0 Å². The fraction of sp³-hybridized carbons (Fsp3) is 0.111. The summed E-state index contributed by atoms with van der Waals surface area (Å²) < 4.78 is 1.36. The average molecular weight is 336 g/mol. The first kappa shape index (κ1) is 16.4. The highest BCUT2D eigenvalue weighted by Gasteiger charge is 2.15. The number of aliphatic imine (C=N–C) groups is 1. The second-order valence-electron chi connectivity index (χ2n) is 5.56. The molecule has 0 radical (unpaired) electrons. The van der Waals surface area contributed by atoms with E-state index in [-0.39, 0.29) is 11.2 Å². The van der Waals surface area contributed by atoms with Crippen LogP contribution in [-0.4, -0.2) is 20.4 Å². The highest BCUT2D eigenvalue weighted by Crippen LogP contribution is 2.16. The average Bonchev–Trinajstić information content (AvgIpc) is 2.90. The Morgan fingerprint density at radius 2 is 1.76 bits per heavy atom. The summed E-state index contributed by atoms with van der Waals surface area (Å²) in [7, 11) is 0. The summed E-state index contributed by atoms with van der Waals surface area (Å²) >= 11 is 0. The van der Waals surface area contributed by atoms with Crippen molar-refractivity contribution in [3.05, 3.63) is 86.3 Å². The number of benzene rings is 2. The zero-order valence-electron chi connectivity index (χ0n) is 13.8. The number of aryl methyl sites for hydroxylation is 1. The summed E-state index contributed by atoms with van der Waals surface area (Å²) in [6, 6.07) is 15.2. The predicted octanol–water partition coefficient (Wildman–Crippen LogP) is 3.52. The fourth-order valence-electron chi connectivity index (χ4n) is 2.63. The second-order valence-corrected chi connectivity index (χ2v) is 5.56. The third kappa shape index (κ3) is 3.25. The van der Waals surface area contributed by atoms with E-state index < -0.39 is 4.92 Å². The minimum Gasteiger partial charge on any atom is -0.295 e. The lowest BCUT2D eigenvalue weighted by Gasteiger charge is -2.00. The van der Waals surface area contributed by atoms with Crippen LogP contribution in [0.15, 0.2) is 64.4 Å². The quantitative estimate of drug-likeness (QED) is 0.449. The van der Waals surface area contributed by atoms with Gasteiger partial charge < -0.3 is 0 Å². The minimum atomic E-state index is -0.478. The molecule has 2 aromatic carbocycles. The molecule has 0 aliphatic heterocycles. The molecule has 0 bridgehead atoms. The number of non-ortho nitro benzene ring substituents is 1. The molecule has 0 atom stereocenters. The Morgan fingerprint density at radius 3 is 2.36 bits per heavy atom. The second kappa shape index (κ2) is 6.56. The minimum absolute atomic E-state index is 0.0258. The lowest BCUT2D eigenvalue weighted by Crippen LogP contribution is -2.19. The van der Waals surface area contributed by atoms with E-state index in [1.807, 2.05) is 30.3 Å². The number of aromatic amines is 1. The first-order chi connectivity index (χ1) is 12.0. The number of nitro groups is 1. The van der Waals surface area contributed by atoms with Crippen LogP contribution in [0.2, 0.25) is 0 Å². The summed E-state index contributed by atoms with van der Waals surface area (Å²) in [6.45, 7) is 3.58. The van der Waals surface area contributed by atoms with Gasteiger partial charge in [0.2, 0.25) is 0 Å². The van der Waals surface area contributed by atoms with Gasteiger partial charge in [-0.25, -0.2) is 4.68 Å². The first-order valence-electron chi connectivity index (χ1n) is 7.64. The van der Waals surface area contributed by atoms with Crippen LogP contribution >= 0.6 is 0 Å². The number of rotatable bonds is 4. The monoisotopic (exact) mass is 336 g/mol. The third-order valence-corrected chi connectivity index (χ3v) is 3.80. The normalized spacial score (nSPS) is 11.5. The van der Waals surface area contributed by atoms with E-state index in [2.05, 4.69) is 10.1 Å². The number of nitro benzene ring substituents is 1. The number of H-pyrrole nitrogens is 1. The van der Waals surface area contributed by atoms with Gasteiger partial charge in [-0.15, -0.1) is 0 Å². The number of nitrogens with one attached hydrogen (secondary N) is 1. The van der Waals surface area contributed by atoms with Crippen molar-refractivity contribution in [2.75, 3.05) is 0 Å². The van der Waals surface area contributed by atoms with Gasteiger partial charge in [0.1, 0.15) is 0 Å². The fourth-order valence-corrected chi connectivity index (χ4v) is 2.63. The summed E-state index contributed by atoms with van der Waals surface area (Å²) in [4.78, 5) is 27.5. The van der Waals surface area contributed by atoms with Gasteiger partial charge in [0.15, 0.2) is 0 Å². The Balaban J connectivity index is 2.03. The molecule has 0 unspecified atom stereocenters. The molecular formula is C18H16N4O3. The maximum absolute atomic E-state index is 12.8. The van der Waals surface area contributed by atoms with Gasteiger partial charge in [0.25, 0.3) is 11.2 Å². The van der Waals surface area contributed by atoms with Gasteiger partial charge in [-0.2, -0.15) is 0 Å². The van der Waals surface area contributed by atoms with Crippen molar-refractivity contribution in [3.63, 3.8) is 0 Å². The maximum Gasteiger partial charge on any atom is 0.280 e. The van der Waals surface area contributed by atoms with E-state index in [1.165, 1.54) is 28.9 Å². The number of hydrogen-bond donors (Lipinski definition) is 1. The van der Waals surface area contributed by atoms with Gasteiger partial charge in [-0.3, -0.25) is 25.0 Å². The molecule has 0 spiro atoms. The Kier molecular flexibility index (Phi) is 4.30. The maximum atomic E-state index is 12.8. The van der Waals surface area contributed by atoms with E-state index in [4.69, 9.17) is 0 Å². The van der Waals surface area contributed by atoms with Crippen LogP contribution in [-0.2, 0) is 0 Å². The molecule has 0 saturated heterocycles. The molecule has 0 saturated carbocycles. The first-order valence-corrected chi connectivity index (χ1v) is 7.64. The van der Waals surface area contributed by atoms with Crippen molar-refractivity contribution in [2.24, 2.45) is 4.99 Å². The van der Waals surface area contributed by atoms with Crippen LogP contribution in [0.4, 0.5) is 11.4 Å². The Hall–Kier alpha value is -3.48. The standard InChI is InChI=1S/C18H16N4O3/c1-12(19-14-6-4-3-5-7-14)17-13(2)20-21(18(17)23)15-8-10-16(11-9-15)22(24)25/h3-11,20H,1-2H3. The van der Waals surface area contributed by atoms with E-state index in [1.54, 1.807) is 13.8 Å². The van der Waals surface area contributed by atoms with Gasteiger partial charge in [0.05, 0.1) is 27.6 Å². The van der Waals surface area contributed by atoms with E-state index in [9.17, 15) is 14.9 Å². The number of para-hydroxylation sites is 1. The molecule has 126 valence electrons. The smallest absolute Gasteiger partial charge is 0.280 e. The van der Waals surface area contributed by atoms with Gasteiger partial charge in [-0.1, -0.05) is 18.2 Å². The highest BCUT2D eigenvalue weighted by atomic mass is 16.6. The summed E-state index contributed by atoms with van der Waals surface area (Å²) in [5.41, 5.74) is 2.79. The molecular weight excluding hydrogens is 320 g/mol. The molecule has 0 aliphatic rings. The summed E-state index contributed by atoms with van der Waals surface area (Å²) in [5, 5.41) is 13.7. The molecule has 25 heavy (non-hydrogen) atoms. The third-order valence-electron chi connectivity index (χ3n) is 3.80.